The van der Waals surface area contributed by atoms with Crippen LogP contribution in [0.2, 0.25) is 0 Å². The van der Waals surface area contributed by atoms with Crippen LogP contribution in [0.3, 0.4) is 0 Å². The number of alkyl halides is 1. The number of hydrogen-bond donors (Lipinski definition) is 0. The largest absolute Gasteiger partial charge is 0.369 e. The quantitative estimate of drug-likeness (QED) is 0.764. The lowest BCUT2D eigenvalue weighted by molar-refractivity contribution is 0.199. The van der Waals surface area contributed by atoms with Crippen LogP contribution in [0.5, 0.6) is 0 Å². The Kier molecular flexibility index (Phi) is 5.13. The Balaban J connectivity index is 2.13. The molecule has 1 aromatic rings. The van der Waals surface area contributed by atoms with Crippen LogP contribution in [0.4, 0.5) is 5.69 Å². The van der Waals surface area contributed by atoms with Crippen molar-refractivity contribution in [3.8, 4) is 0 Å². The van der Waals surface area contributed by atoms with E-state index in [2.05, 4.69) is 49.5 Å². The molecular formula is C17H28ClN3. The molecule has 0 aromatic carbocycles. The Morgan fingerprint density at radius 3 is 2.38 bits per heavy atom. The van der Waals surface area contributed by atoms with Gasteiger partial charge in [-0.25, -0.2) is 9.97 Å². The zero-order chi connectivity index (χ0) is 15.6. The molecule has 3 nitrogen and oxygen atoms in total. The van der Waals surface area contributed by atoms with E-state index < -0.39 is 0 Å². The molecule has 1 aliphatic heterocycles. The average molecular weight is 310 g/mol. The van der Waals surface area contributed by atoms with Crippen molar-refractivity contribution in [2.24, 2.45) is 11.3 Å². The van der Waals surface area contributed by atoms with Gasteiger partial charge in [0.2, 0.25) is 0 Å². The van der Waals surface area contributed by atoms with Crippen LogP contribution in [-0.4, -0.2) is 23.1 Å². The average Bonchev–Trinajstić information content (AvgIpc) is 2.45. The Morgan fingerprint density at radius 1 is 1.29 bits per heavy atom. The lowest BCUT2D eigenvalue weighted by Gasteiger charge is -2.40. The Bertz CT molecular complexity index is 471. The van der Waals surface area contributed by atoms with E-state index in [1.54, 1.807) is 0 Å². The third-order valence-corrected chi connectivity index (χ3v) is 4.82. The van der Waals surface area contributed by atoms with Gasteiger partial charge in [-0.2, -0.15) is 0 Å². The summed E-state index contributed by atoms with van der Waals surface area (Å²) in [5.74, 6) is 2.48. The molecule has 1 saturated heterocycles. The van der Waals surface area contributed by atoms with Crippen LogP contribution in [0, 0.1) is 11.3 Å². The van der Waals surface area contributed by atoms with E-state index >= 15 is 0 Å². The number of rotatable bonds is 3. The van der Waals surface area contributed by atoms with Crippen LogP contribution >= 0.6 is 11.6 Å². The predicted octanol–water partition coefficient (Wildman–Crippen LogP) is 4.60. The fourth-order valence-electron chi connectivity index (χ4n) is 3.05. The molecule has 2 heterocycles. The zero-order valence-corrected chi connectivity index (χ0v) is 14.7. The van der Waals surface area contributed by atoms with Crippen molar-refractivity contribution in [3.63, 3.8) is 0 Å². The van der Waals surface area contributed by atoms with Gasteiger partial charge in [0, 0.05) is 19.0 Å². The second kappa shape index (κ2) is 6.51. The molecule has 0 N–H and O–H groups in total. The molecule has 0 saturated carbocycles. The third kappa shape index (κ3) is 3.88. The summed E-state index contributed by atoms with van der Waals surface area (Å²) in [6.07, 6.45) is 4.44. The summed E-state index contributed by atoms with van der Waals surface area (Å²) < 4.78 is 0. The summed E-state index contributed by atoms with van der Waals surface area (Å²) in [4.78, 5) is 11.6. The van der Waals surface area contributed by atoms with E-state index in [4.69, 9.17) is 11.6 Å². The molecule has 21 heavy (non-hydrogen) atoms. The smallest absolute Gasteiger partial charge is 0.131 e. The maximum atomic E-state index is 6.11. The van der Waals surface area contributed by atoms with Crippen molar-refractivity contribution in [2.75, 3.05) is 18.0 Å². The summed E-state index contributed by atoms with van der Waals surface area (Å²) in [6, 6.07) is 0. The van der Waals surface area contributed by atoms with Gasteiger partial charge in [0.25, 0.3) is 0 Å². The van der Waals surface area contributed by atoms with Gasteiger partial charge < -0.3 is 4.90 Å². The van der Waals surface area contributed by atoms with E-state index in [0.29, 0.717) is 17.2 Å². The van der Waals surface area contributed by atoms with Gasteiger partial charge in [-0.1, -0.05) is 34.6 Å². The SMILES string of the molecule is CC(C)c1ncc(N2CCC(C(C)(C)C)CC2)c(CCl)n1. The van der Waals surface area contributed by atoms with Crippen LogP contribution < -0.4 is 4.90 Å². The van der Waals surface area contributed by atoms with Crippen molar-refractivity contribution in [1.29, 1.82) is 0 Å². The molecule has 1 aliphatic rings. The Labute approximate surface area is 134 Å². The maximum Gasteiger partial charge on any atom is 0.131 e. The molecule has 118 valence electrons. The number of halogens is 1. The van der Waals surface area contributed by atoms with Crippen molar-refractivity contribution in [1.82, 2.24) is 9.97 Å². The summed E-state index contributed by atoms with van der Waals surface area (Å²) in [6.45, 7) is 13.4. The molecule has 2 rings (SSSR count). The number of piperidine rings is 1. The first kappa shape index (κ1) is 16.5. The van der Waals surface area contributed by atoms with Gasteiger partial charge in [-0.05, 0) is 24.2 Å². The van der Waals surface area contributed by atoms with Gasteiger partial charge >= 0.3 is 0 Å². The number of anilines is 1. The van der Waals surface area contributed by atoms with Gasteiger partial charge in [0.1, 0.15) is 5.82 Å². The van der Waals surface area contributed by atoms with E-state index in [0.717, 1.165) is 36.2 Å². The van der Waals surface area contributed by atoms with Crippen LogP contribution in [0.25, 0.3) is 0 Å². The minimum absolute atomic E-state index is 0.340. The second-order valence-corrected chi connectivity index (χ2v) is 7.74. The van der Waals surface area contributed by atoms with Crippen LogP contribution in [0.1, 0.15) is 64.9 Å². The first-order chi connectivity index (χ1) is 9.82. The van der Waals surface area contributed by atoms with Crippen molar-refractivity contribution in [2.45, 2.75) is 59.3 Å². The van der Waals surface area contributed by atoms with Gasteiger partial charge in [-0.3, -0.25) is 0 Å². The van der Waals surface area contributed by atoms with Crippen molar-refractivity contribution in [3.05, 3.63) is 17.7 Å². The molecule has 4 heteroatoms. The Morgan fingerprint density at radius 2 is 1.90 bits per heavy atom. The fourth-order valence-corrected chi connectivity index (χ4v) is 3.25. The van der Waals surface area contributed by atoms with Gasteiger partial charge in [-0.15, -0.1) is 11.6 Å². The summed E-state index contributed by atoms with van der Waals surface area (Å²) in [7, 11) is 0. The maximum absolute atomic E-state index is 6.11. The Hall–Kier alpha value is -0.830. The highest BCUT2D eigenvalue weighted by atomic mass is 35.5. The molecular weight excluding hydrogens is 282 g/mol. The lowest BCUT2D eigenvalue weighted by Crippen LogP contribution is -2.38. The minimum Gasteiger partial charge on any atom is -0.369 e. The molecule has 0 radical (unpaired) electrons. The predicted molar refractivity (Wildman–Crippen MR) is 90.1 cm³/mol. The van der Waals surface area contributed by atoms with E-state index in [-0.39, 0.29) is 0 Å². The zero-order valence-electron chi connectivity index (χ0n) is 14.0. The lowest BCUT2D eigenvalue weighted by atomic mass is 9.75. The third-order valence-electron chi connectivity index (χ3n) is 4.57. The fraction of sp³-hybridized carbons (Fsp3) is 0.765. The molecule has 0 spiro atoms. The van der Waals surface area contributed by atoms with Crippen molar-refractivity contribution < 1.29 is 0 Å². The van der Waals surface area contributed by atoms with Gasteiger partial charge in [0.15, 0.2) is 0 Å². The summed E-state index contributed by atoms with van der Waals surface area (Å²) >= 11 is 6.11. The second-order valence-electron chi connectivity index (χ2n) is 7.48. The van der Waals surface area contributed by atoms with Crippen LogP contribution in [-0.2, 0) is 5.88 Å². The molecule has 0 amide bonds. The monoisotopic (exact) mass is 309 g/mol. The highest BCUT2D eigenvalue weighted by Gasteiger charge is 2.29. The van der Waals surface area contributed by atoms with Crippen LogP contribution in [0.15, 0.2) is 6.20 Å². The first-order valence-corrected chi connectivity index (χ1v) is 8.53. The number of hydrogen-bond acceptors (Lipinski definition) is 3. The standard InChI is InChI=1S/C17H28ClN3/c1-12(2)16-19-11-15(14(10-18)20-16)21-8-6-13(7-9-21)17(3,4)5/h11-13H,6-10H2,1-5H3. The summed E-state index contributed by atoms with van der Waals surface area (Å²) in [5.41, 5.74) is 2.51. The highest BCUT2D eigenvalue weighted by molar-refractivity contribution is 6.17. The molecule has 0 unspecified atom stereocenters. The van der Waals surface area contributed by atoms with E-state index in [9.17, 15) is 0 Å². The number of aromatic nitrogens is 2. The van der Waals surface area contributed by atoms with E-state index in [1.807, 2.05) is 6.20 Å². The first-order valence-electron chi connectivity index (χ1n) is 7.99. The normalized spacial score (nSPS) is 17.6. The topological polar surface area (TPSA) is 29.0 Å². The molecule has 1 aromatic heterocycles. The molecule has 0 bridgehead atoms. The molecule has 0 atom stereocenters. The molecule has 1 fully saturated rings. The highest BCUT2D eigenvalue weighted by Crippen LogP contribution is 2.36. The van der Waals surface area contributed by atoms with Crippen molar-refractivity contribution >= 4 is 17.3 Å². The summed E-state index contributed by atoms with van der Waals surface area (Å²) in [5, 5.41) is 0. The molecule has 0 aliphatic carbocycles. The van der Waals surface area contributed by atoms with E-state index in [1.165, 1.54) is 12.8 Å². The minimum atomic E-state index is 0.340. The number of nitrogens with zero attached hydrogens (tertiary/aromatic N) is 3. The van der Waals surface area contributed by atoms with Gasteiger partial charge in [0.05, 0.1) is 23.5 Å².